The smallest absolute Gasteiger partial charge is 0.134 e. The molecule has 1 nitrogen and oxygen atoms in total. The van der Waals surface area contributed by atoms with Crippen LogP contribution in [0.15, 0.2) is 0 Å². The van der Waals surface area contributed by atoms with E-state index in [2.05, 4.69) is 41.5 Å². The molecule has 0 saturated carbocycles. The number of rotatable bonds is 3. The molecule has 0 heterocycles. The summed E-state index contributed by atoms with van der Waals surface area (Å²) in [4.78, 5) is -0.475. The first kappa shape index (κ1) is 14.5. The monoisotopic (exact) mass is 240 g/mol. The molecule has 0 fully saturated rings. The van der Waals surface area contributed by atoms with Crippen LogP contribution in [-0.4, -0.2) is 17.5 Å². The quantitative estimate of drug-likeness (QED) is 0.670. The molecule has 0 amide bonds. The van der Waals surface area contributed by atoms with Gasteiger partial charge in [-0.3, -0.25) is 0 Å². The zero-order valence-electron chi connectivity index (χ0n) is 10.0. The Labute approximate surface area is 98.1 Å². The van der Waals surface area contributed by atoms with Gasteiger partial charge in [0, 0.05) is 0 Å². The van der Waals surface area contributed by atoms with Gasteiger partial charge in [-0.1, -0.05) is 41.5 Å². The van der Waals surface area contributed by atoms with Crippen molar-refractivity contribution in [2.75, 3.05) is 6.61 Å². The van der Waals surface area contributed by atoms with Gasteiger partial charge in [-0.15, -0.1) is 23.2 Å². The Morgan fingerprint density at radius 1 is 1.00 bits per heavy atom. The van der Waals surface area contributed by atoms with Gasteiger partial charge in [0.2, 0.25) is 0 Å². The molecule has 3 heteroatoms. The molecular formula is C11H22Cl2O. The lowest BCUT2D eigenvalue weighted by molar-refractivity contribution is -0.0392. The molecule has 0 saturated heterocycles. The van der Waals surface area contributed by atoms with Crippen LogP contribution in [-0.2, 0) is 4.74 Å². The van der Waals surface area contributed by atoms with Crippen LogP contribution in [0.3, 0.4) is 0 Å². The SMILES string of the molecule is CC(C)(C)COC(C(Cl)Cl)C(C)(C)C. The Morgan fingerprint density at radius 3 is 1.64 bits per heavy atom. The third-order valence-corrected chi connectivity index (χ3v) is 2.24. The Kier molecular flexibility index (Phi) is 5.24. The van der Waals surface area contributed by atoms with Crippen LogP contribution in [0.2, 0.25) is 0 Å². The van der Waals surface area contributed by atoms with Gasteiger partial charge >= 0.3 is 0 Å². The van der Waals surface area contributed by atoms with Crippen molar-refractivity contribution in [2.45, 2.75) is 52.5 Å². The van der Waals surface area contributed by atoms with E-state index < -0.39 is 4.84 Å². The molecule has 14 heavy (non-hydrogen) atoms. The highest BCUT2D eigenvalue weighted by molar-refractivity contribution is 6.44. The summed E-state index contributed by atoms with van der Waals surface area (Å²) in [5, 5.41) is 0. The highest BCUT2D eigenvalue weighted by Gasteiger charge is 2.32. The molecule has 0 spiro atoms. The molecule has 0 aliphatic rings. The van der Waals surface area contributed by atoms with Gasteiger partial charge in [-0.2, -0.15) is 0 Å². The van der Waals surface area contributed by atoms with Crippen LogP contribution in [0.4, 0.5) is 0 Å². The van der Waals surface area contributed by atoms with Crippen molar-refractivity contribution in [1.29, 1.82) is 0 Å². The predicted molar refractivity (Wildman–Crippen MR) is 64.1 cm³/mol. The molecule has 0 radical (unpaired) electrons. The Balaban J connectivity index is 4.27. The average molecular weight is 241 g/mol. The van der Waals surface area contributed by atoms with Crippen LogP contribution in [0.5, 0.6) is 0 Å². The highest BCUT2D eigenvalue weighted by atomic mass is 35.5. The van der Waals surface area contributed by atoms with Crippen LogP contribution in [0.25, 0.3) is 0 Å². The minimum Gasteiger partial charge on any atom is -0.374 e. The second-order valence-electron chi connectivity index (χ2n) is 5.99. The highest BCUT2D eigenvalue weighted by Crippen LogP contribution is 2.31. The first-order chi connectivity index (χ1) is 6.04. The molecule has 1 atom stereocenters. The number of hydrogen-bond acceptors (Lipinski definition) is 1. The van der Waals surface area contributed by atoms with Crippen molar-refractivity contribution in [3.05, 3.63) is 0 Å². The maximum Gasteiger partial charge on any atom is 0.134 e. The molecule has 86 valence electrons. The topological polar surface area (TPSA) is 9.23 Å². The molecule has 0 bridgehead atoms. The summed E-state index contributed by atoms with van der Waals surface area (Å²) in [6.07, 6.45) is -0.120. The van der Waals surface area contributed by atoms with Crippen LogP contribution >= 0.6 is 23.2 Å². The first-order valence-corrected chi connectivity index (χ1v) is 5.81. The van der Waals surface area contributed by atoms with E-state index in [1.54, 1.807) is 0 Å². The van der Waals surface area contributed by atoms with E-state index >= 15 is 0 Å². The van der Waals surface area contributed by atoms with E-state index in [0.29, 0.717) is 6.61 Å². The second-order valence-corrected chi connectivity index (χ2v) is 7.16. The van der Waals surface area contributed by atoms with Gasteiger partial charge in [0.05, 0.1) is 12.7 Å². The van der Waals surface area contributed by atoms with Crippen LogP contribution in [0, 0.1) is 10.8 Å². The fourth-order valence-electron chi connectivity index (χ4n) is 1.04. The third-order valence-electron chi connectivity index (χ3n) is 1.78. The molecule has 0 aliphatic carbocycles. The summed E-state index contributed by atoms with van der Waals surface area (Å²) >= 11 is 11.8. The van der Waals surface area contributed by atoms with E-state index in [1.807, 2.05) is 0 Å². The lowest BCUT2D eigenvalue weighted by atomic mass is 9.89. The molecule has 0 aromatic rings. The molecule has 0 aromatic heterocycles. The minimum atomic E-state index is -0.475. The minimum absolute atomic E-state index is 0.0284. The van der Waals surface area contributed by atoms with Crippen molar-refractivity contribution in [3.63, 3.8) is 0 Å². The third kappa shape index (κ3) is 6.10. The molecular weight excluding hydrogens is 219 g/mol. The van der Waals surface area contributed by atoms with Crippen molar-refractivity contribution < 1.29 is 4.74 Å². The zero-order valence-corrected chi connectivity index (χ0v) is 11.5. The van der Waals surface area contributed by atoms with Crippen molar-refractivity contribution >= 4 is 23.2 Å². The van der Waals surface area contributed by atoms with E-state index in [-0.39, 0.29) is 16.9 Å². The van der Waals surface area contributed by atoms with E-state index in [4.69, 9.17) is 27.9 Å². The Hall–Kier alpha value is 0.540. The number of hydrogen-bond donors (Lipinski definition) is 0. The lowest BCUT2D eigenvalue weighted by Gasteiger charge is -2.33. The maximum absolute atomic E-state index is 5.90. The number of halogens is 2. The number of alkyl halides is 2. The molecule has 0 aromatic carbocycles. The Morgan fingerprint density at radius 2 is 1.43 bits per heavy atom. The number of ether oxygens (including phenoxy) is 1. The Bertz CT molecular complexity index is 165. The average Bonchev–Trinajstić information content (AvgIpc) is 1.79. The van der Waals surface area contributed by atoms with Gasteiger partial charge in [0.25, 0.3) is 0 Å². The summed E-state index contributed by atoms with van der Waals surface area (Å²) in [6, 6.07) is 0. The van der Waals surface area contributed by atoms with Crippen LogP contribution in [0.1, 0.15) is 41.5 Å². The van der Waals surface area contributed by atoms with Crippen molar-refractivity contribution in [1.82, 2.24) is 0 Å². The van der Waals surface area contributed by atoms with Gasteiger partial charge in [-0.05, 0) is 10.8 Å². The van der Waals surface area contributed by atoms with Crippen molar-refractivity contribution in [2.24, 2.45) is 10.8 Å². The maximum atomic E-state index is 5.90. The molecule has 0 aliphatic heterocycles. The van der Waals surface area contributed by atoms with Gasteiger partial charge < -0.3 is 4.74 Å². The standard InChI is InChI=1S/C11H22Cl2O/c1-10(2,3)7-14-8(9(12)13)11(4,5)6/h8-9H,7H2,1-6H3. The molecule has 0 N–H and O–H groups in total. The summed E-state index contributed by atoms with van der Waals surface area (Å²) < 4.78 is 5.77. The van der Waals surface area contributed by atoms with Gasteiger partial charge in [0.1, 0.15) is 4.84 Å². The van der Waals surface area contributed by atoms with E-state index in [0.717, 1.165) is 0 Å². The molecule has 1 unspecified atom stereocenters. The van der Waals surface area contributed by atoms with Gasteiger partial charge in [0.15, 0.2) is 0 Å². The van der Waals surface area contributed by atoms with Gasteiger partial charge in [-0.25, -0.2) is 0 Å². The largest absolute Gasteiger partial charge is 0.374 e. The summed E-state index contributed by atoms with van der Waals surface area (Å²) in [6.45, 7) is 13.3. The fraction of sp³-hybridized carbons (Fsp3) is 1.00. The summed E-state index contributed by atoms with van der Waals surface area (Å²) in [5.41, 5.74) is 0.117. The summed E-state index contributed by atoms with van der Waals surface area (Å²) in [7, 11) is 0. The first-order valence-electron chi connectivity index (χ1n) is 4.94. The zero-order chi connectivity index (χ0) is 11.6. The fourth-order valence-corrected chi connectivity index (χ4v) is 1.94. The normalized spacial score (nSPS) is 16.1. The predicted octanol–water partition coefficient (Wildman–Crippen LogP) is 4.27. The lowest BCUT2D eigenvalue weighted by Crippen LogP contribution is -2.37. The van der Waals surface area contributed by atoms with E-state index in [9.17, 15) is 0 Å². The van der Waals surface area contributed by atoms with Crippen LogP contribution < -0.4 is 0 Å². The van der Waals surface area contributed by atoms with E-state index in [1.165, 1.54) is 0 Å². The molecule has 0 rings (SSSR count). The second kappa shape index (κ2) is 5.05. The summed E-state index contributed by atoms with van der Waals surface area (Å²) in [5.74, 6) is 0. The van der Waals surface area contributed by atoms with Crippen molar-refractivity contribution in [3.8, 4) is 0 Å².